The smallest absolute Gasteiger partial charge is 0.233 e. The lowest BCUT2D eigenvalue weighted by Crippen LogP contribution is -2.50. The Kier molecular flexibility index (Phi) is 5.60. The Labute approximate surface area is 208 Å². The molecule has 1 amide bonds. The monoisotopic (exact) mass is 487 g/mol. The lowest BCUT2D eigenvalue weighted by molar-refractivity contribution is -0.121. The molecular weight excluding hydrogens is 458 g/mol. The van der Waals surface area contributed by atoms with E-state index in [4.69, 9.17) is 14.2 Å². The maximum atomic E-state index is 11.9. The van der Waals surface area contributed by atoms with Gasteiger partial charge in [-0.25, -0.2) is 4.98 Å². The number of aryl methyl sites for hydroxylation is 2. The second-order valence-electron chi connectivity index (χ2n) is 9.31. The summed E-state index contributed by atoms with van der Waals surface area (Å²) in [6.45, 7) is 7.87. The summed E-state index contributed by atoms with van der Waals surface area (Å²) in [5, 5.41) is 6.87. The van der Waals surface area contributed by atoms with Gasteiger partial charge in [-0.05, 0) is 38.1 Å². The predicted molar refractivity (Wildman–Crippen MR) is 135 cm³/mol. The van der Waals surface area contributed by atoms with Crippen LogP contribution in [0.1, 0.15) is 23.2 Å². The van der Waals surface area contributed by atoms with Crippen molar-refractivity contribution in [1.82, 2.24) is 29.9 Å². The quantitative estimate of drug-likeness (QED) is 0.458. The zero-order chi connectivity index (χ0) is 24.8. The van der Waals surface area contributed by atoms with Gasteiger partial charge in [0.25, 0.3) is 0 Å². The summed E-state index contributed by atoms with van der Waals surface area (Å²) in [4.78, 5) is 26.1. The number of pyridine rings is 1. The molecule has 4 aromatic rings. The molecule has 186 valence electrons. The maximum Gasteiger partial charge on any atom is 0.233 e. The summed E-state index contributed by atoms with van der Waals surface area (Å²) >= 11 is 0. The van der Waals surface area contributed by atoms with Crippen LogP contribution in [0.2, 0.25) is 0 Å². The Morgan fingerprint density at radius 2 is 1.97 bits per heavy atom. The largest absolute Gasteiger partial charge is 0.488 e. The topological polar surface area (TPSA) is 102 Å². The van der Waals surface area contributed by atoms with E-state index < -0.39 is 0 Å². The van der Waals surface area contributed by atoms with E-state index in [-0.39, 0.29) is 11.9 Å². The van der Waals surface area contributed by atoms with Crippen LogP contribution in [0.4, 0.5) is 5.95 Å². The molecule has 1 atom stereocenters. The molecular formula is C26H29N7O3. The summed E-state index contributed by atoms with van der Waals surface area (Å²) in [5.74, 6) is 2.50. The molecule has 5 heterocycles. The standard InChI is InChI=1S/C26H29N7O3/c1-16-23(17(2)36-30-16)18-7-8-20-24-25(18)35-15-21(19-6-4-5-9-28-19)33(24)26(29-20)32-12-10-31(11-13-32)14-22(34)27-3/h4-9,21H,10-15H2,1-3H3,(H,27,34)/t21-/m1/s1. The Morgan fingerprint density at radius 1 is 1.14 bits per heavy atom. The summed E-state index contributed by atoms with van der Waals surface area (Å²) in [5.41, 5.74) is 5.52. The van der Waals surface area contributed by atoms with Crippen LogP contribution in [-0.2, 0) is 4.79 Å². The number of nitrogens with one attached hydrogen (secondary N) is 1. The van der Waals surface area contributed by atoms with Crippen LogP contribution in [-0.4, -0.2) is 76.9 Å². The lowest BCUT2D eigenvalue weighted by atomic mass is 10.0. The van der Waals surface area contributed by atoms with E-state index in [2.05, 4.69) is 29.8 Å². The summed E-state index contributed by atoms with van der Waals surface area (Å²) in [7, 11) is 1.67. The van der Waals surface area contributed by atoms with E-state index in [9.17, 15) is 4.79 Å². The number of carbonyl (C=O) groups is 1. The van der Waals surface area contributed by atoms with Crippen molar-refractivity contribution in [1.29, 1.82) is 0 Å². The van der Waals surface area contributed by atoms with Gasteiger partial charge in [-0.2, -0.15) is 0 Å². The molecule has 10 nitrogen and oxygen atoms in total. The highest BCUT2D eigenvalue weighted by Gasteiger charge is 2.34. The number of aromatic nitrogens is 4. The third-order valence-electron chi connectivity index (χ3n) is 7.12. The number of rotatable bonds is 5. The molecule has 2 aliphatic rings. The van der Waals surface area contributed by atoms with Gasteiger partial charge >= 0.3 is 0 Å². The minimum atomic E-state index is -0.109. The molecule has 0 aliphatic carbocycles. The summed E-state index contributed by atoms with van der Waals surface area (Å²) < 4.78 is 14.2. The number of hydrogen-bond acceptors (Lipinski definition) is 8. The summed E-state index contributed by atoms with van der Waals surface area (Å²) in [6, 6.07) is 9.95. The number of anilines is 1. The number of benzene rings is 1. The van der Waals surface area contributed by atoms with E-state index in [1.165, 1.54) is 0 Å². The first-order chi connectivity index (χ1) is 17.5. The third-order valence-corrected chi connectivity index (χ3v) is 7.12. The van der Waals surface area contributed by atoms with Crippen molar-refractivity contribution < 1.29 is 14.1 Å². The second kappa shape index (κ2) is 8.94. The summed E-state index contributed by atoms with van der Waals surface area (Å²) in [6.07, 6.45) is 1.82. The number of imidazole rings is 1. The van der Waals surface area contributed by atoms with E-state index in [0.717, 1.165) is 77.2 Å². The molecule has 0 saturated carbocycles. The molecule has 1 saturated heterocycles. The number of ether oxygens (including phenoxy) is 1. The molecule has 0 bridgehead atoms. The molecule has 1 N–H and O–H groups in total. The second-order valence-corrected chi connectivity index (χ2v) is 9.31. The molecule has 0 radical (unpaired) electrons. The minimum Gasteiger partial charge on any atom is -0.488 e. The first-order valence-electron chi connectivity index (χ1n) is 12.2. The van der Waals surface area contributed by atoms with Crippen molar-refractivity contribution in [2.24, 2.45) is 0 Å². The molecule has 6 rings (SSSR count). The van der Waals surface area contributed by atoms with Crippen molar-refractivity contribution in [3.8, 4) is 16.9 Å². The van der Waals surface area contributed by atoms with Gasteiger partial charge in [-0.1, -0.05) is 11.2 Å². The zero-order valence-corrected chi connectivity index (χ0v) is 20.7. The predicted octanol–water partition coefficient (Wildman–Crippen LogP) is 2.55. The Bertz CT molecular complexity index is 1400. The molecule has 1 fully saturated rings. The fraction of sp³-hybridized carbons (Fsp3) is 0.385. The minimum absolute atomic E-state index is 0.0361. The lowest BCUT2D eigenvalue weighted by Gasteiger charge is -2.36. The highest BCUT2D eigenvalue weighted by atomic mass is 16.5. The highest BCUT2D eigenvalue weighted by Crippen LogP contribution is 2.45. The van der Waals surface area contributed by atoms with E-state index >= 15 is 0 Å². The SMILES string of the molecule is CNC(=O)CN1CCN(c2nc3ccc(-c4c(C)noc4C)c4c3n2[C@@H](c2ccccn2)CO4)CC1. The fourth-order valence-electron chi connectivity index (χ4n) is 5.29. The average Bonchev–Trinajstić information content (AvgIpc) is 3.46. The molecule has 3 aromatic heterocycles. The first kappa shape index (κ1) is 22.5. The molecule has 0 spiro atoms. The number of likely N-dealkylation sites (N-methyl/N-ethyl adjacent to an activating group) is 1. The molecule has 2 aliphatic heterocycles. The van der Waals surface area contributed by atoms with Crippen molar-refractivity contribution in [2.75, 3.05) is 51.3 Å². The number of amides is 1. The molecule has 10 heteroatoms. The van der Waals surface area contributed by atoms with Crippen molar-refractivity contribution in [3.05, 3.63) is 53.7 Å². The maximum absolute atomic E-state index is 11.9. The van der Waals surface area contributed by atoms with Crippen molar-refractivity contribution in [2.45, 2.75) is 19.9 Å². The first-order valence-corrected chi connectivity index (χ1v) is 12.2. The molecule has 1 aromatic carbocycles. The number of nitrogens with zero attached hydrogens (tertiary/aromatic N) is 6. The van der Waals surface area contributed by atoms with E-state index in [0.29, 0.717) is 13.2 Å². The van der Waals surface area contributed by atoms with E-state index in [1.54, 1.807) is 7.05 Å². The van der Waals surface area contributed by atoms with Gasteiger partial charge in [0.05, 0.1) is 29.0 Å². The van der Waals surface area contributed by atoms with Crippen molar-refractivity contribution >= 4 is 22.9 Å². The fourth-order valence-corrected chi connectivity index (χ4v) is 5.29. The van der Waals surface area contributed by atoms with E-state index in [1.807, 2.05) is 50.4 Å². The van der Waals surface area contributed by atoms with Gasteiger partial charge in [-0.15, -0.1) is 0 Å². The van der Waals surface area contributed by atoms with Gasteiger partial charge < -0.3 is 19.5 Å². The molecule has 36 heavy (non-hydrogen) atoms. The Morgan fingerprint density at radius 3 is 2.67 bits per heavy atom. The van der Waals surface area contributed by atoms with Crippen LogP contribution < -0.4 is 15.0 Å². The van der Waals surface area contributed by atoms with Crippen LogP contribution in [0.3, 0.4) is 0 Å². The van der Waals surface area contributed by atoms with Crippen LogP contribution >= 0.6 is 0 Å². The number of carbonyl (C=O) groups excluding carboxylic acids is 1. The van der Waals surface area contributed by atoms with Gasteiger partial charge in [0.15, 0.2) is 5.75 Å². The van der Waals surface area contributed by atoms with Crippen LogP contribution in [0, 0.1) is 13.8 Å². The Balaban J connectivity index is 1.46. The average molecular weight is 488 g/mol. The number of piperazine rings is 1. The van der Waals surface area contributed by atoms with Gasteiger partial charge in [0.1, 0.15) is 23.9 Å². The molecule has 0 unspecified atom stereocenters. The van der Waals surface area contributed by atoms with Gasteiger partial charge in [0, 0.05) is 45.0 Å². The van der Waals surface area contributed by atoms with Gasteiger partial charge in [0.2, 0.25) is 11.9 Å². The van der Waals surface area contributed by atoms with Crippen LogP contribution in [0.5, 0.6) is 5.75 Å². The number of hydrogen-bond donors (Lipinski definition) is 1. The van der Waals surface area contributed by atoms with Gasteiger partial charge in [-0.3, -0.25) is 19.2 Å². The van der Waals surface area contributed by atoms with Crippen molar-refractivity contribution in [3.63, 3.8) is 0 Å². The van der Waals surface area contributed by atoms with Crippen LogP contribution in [0.25, 0.3) is 22.2 Å². The zero-order valence-electron chi connectivity index (χ0n) is 20.7. The highest BCUT2D eigenvalue weighted by molar-refractivity contribution is 5.94. The van der Waals surface area contributed by atoms with Crippen LogP contribution in [0.15, 0.2) is 41.1 Å². The Hall–Kier alpha value is -3.92. The normalized spacial score (nSPS) is 17.9. The third kappa shape index (κ3) is 3.69.